The van der Waals surface area contributed by atoms with Gasteiger partial charge in [-0.15, -0.1) is 0 Å². The highest BCUT2D eigenvalue weighted by atomic mass is 16.5. The largest absolute Gasteiger partial charge is 0.372 e. The molecule has 2 atom stereocenters. The van der Waals surface area contributed by atoms with E-state index in [-0.39, 0.29) is 24.3 Å². The Labute approximate surface area is 169 Å². The Morgan fingerprint density at radius 2 is 1.90 bits per heavy atom. The first-order valence-electron chi connectivity index (χ1n) is 9.76. The van der Waals surface area contributed by atoms with E-state index in [4.69, 9.17) is 9.26 Å². The summed E-state index contributed by atoms with van der Waals surface area (Å²) in [5, 5.41) is 8.57. The smallest absolute Gasteiger partial charge is 0.269 e. The lowest BCUT2D eigenvalue weighted by Crippen LogP contribution is -2.46. The molecular weight excluding hydrogens is 370 g/mol. The summed E-state index contributed by atoms with van der Waals surface area (Å²) in [5.41, 5.74) is 3.94. The maximum Gasteiger partial charge on any atom is 0.269 e. The first-order chi connectivity index (χ1) is 13.9. The van der Waals surface area contributed by atoms with Gasteiger partial charge in [0.2, 0.25) is 0 Å². The van der Waals surface area contributed by atoms with Crippen molar-refractivity contribution in [2.45, 2.75) is 46.4 Å². The molecule has 0 N–H and O–H groups in total. The van der Waals surface area contributed by atoms with Crippen LogP contribution in [-0.4, -0.2) is 45.2 Å². The lowest BCUT2D eigenvalue weighted by atomic mass is 10.1. The molecule has 8 heteroatoms. The van der Waals surface area contributed by atoms with Gasteiger partial charge in [-0.05, 0) is 39.8 Å². The van der Waals surface area contributed by atoms with Crippen LogP contribution in [-0.2, 0) is 11.3 Å². The van der Waals surface area contributed by atoms with Crippen molar-refractivity contribution in [2.75, 3.05) is 18.0 Å². The maximum absolute atomic E-state index is 12.8. The van der Waals surface area contributed by atoms with E-state index in [1.165, 1.54) is 4.68 Å². The number of morpholine rings is 1. The third kappa shape index (κ3) is 4.07. The van der Waals surface area contributed by atoms with Crippen LogP contribution < -0.4 is 10.5 Å². The molecule has 1 aliphatic heterocycles. The molecule has 0 aromatic carbocycles. The van der Waals surface area contributed by atoms with Crippen LogP contribution in [0.5, 0.6) is 0 Å². The molecule has 3 aromatic heterocycles. The van der Waals surface area contributed by atoms with Gasteiger partial charge in [-0.3, -0.25) is 9.78 Å². The molecule has 4 heterocycles. The van der Waals surface area contributed by atoms with E-state index < -0.39 is 0 Å². The Kier molecular flexibility index (Phi) is 5.19. The van der Waals surface area contributed by atoms with E-state index in [9.17, 15) is 4.79 Å². The summed E-state index contributed by atoms with van der Waals surface area (Å²) < 4.78 is 12.6. The molecule has 8 nitrogen and oxygen atoms in total. The lowest BCUT2D eigenvalue weighted by Gasteiger charge is -2.36. The molecular formula is C21H25N5O3. The van der Waals surface area contributed by atoms with E-state index in [0.29, 0.717) is 11.5 Å². The van der Waals surface area contributed by atoms with Gasteiger partial charge in [-0.2, -0.15) is 5.10 Å². The van der Waals surface area contributed by atoms with Gasteiger partial charge < -0.3 is 14.2 Å². The topological polar surface area (TPSA) is 86.3 Å². The number of anilines is 1. The second-order valence-electron chi connectivity index (χ2n) is 7.63. The molecule has 0 amide bonds. The molecule has 0 unspecified atom stereocenters. The zero-order chi connectivity index (χ0) is 20.5. The van der Waals surface area contributed by atoms with E-state index >= 15 is 0 Å². The molecule has 152 valence electrons. The van der Waals surface area contributed by atoms with Crippen LogP contribution in [0, 0.1) is 13.8 Å². The minimum Gasteiger partial charge on any atom is -0.372 e. The van der Waals surface area contributed by atoms with Crippen LogP contribution >= 0.6 is 0 Å². The van der Waals surface area contributed by atoms with Gasteiger partial charge in [0.25, 0.3) is 5.56 Å². The second-order valence-corrected chi connectivity index (χ2v) is 7.63. The van der Waals surface area contributed by atoms with Crippen LogP contribution in [0.1, 0.15) is 30.9 Å². The highest BCUT2D eigenvalue weighted by Crippen LogP contribution is 2.25. The van der Waals surface area contributed by atoms with E-state index in [1.54, 1.807) is 18.5 Å². The van der Waals surface area contributed by atoms with Crippen molar-refractivity contribution < 1.29 is 9.26 Å². The monoisotopic (exact) mass is 395 g/mol. The van der Waals surface area contributed by atoms with Gasteiger partial charge in [0.1, 0.15) is 11.5 Å². The molecule has 1 saturated heterocycles. The molecule has 0 saturated carbocycles. The van der Waals surface area contributed by atoms with Crippen LogP contribution in [0.2, 0.25) is 0 Å². The summed E-state index contributed by atoms with van der Waals surface area (Å²) in [5.74, 6) is 0.661. The molecule has 0 bridgehead atoms. The Bertz CT molecular complexity index is 1050. The number of aryl methyl sites for hydroxylation is 2. The molecule has 1 aliphatic rings. The Morgan fingerprint density at radius 1 is 1.14 bits per heavy atom. The summed E-state index contributed by atoms with van der Waals surface area (Å²) in [6.45, 7) is 9.60. The summed E-state index contributed by atoms with van der Waals surface area (Å²) in [6.07, 6.45) is 3.73. The van der Waals surface area contributed by atoms with Gasteiger partial charge >= 0.3 is 0 Å². The quantitative estimate of drug-likeness (QED) is 0.671. The predicted octanol–water partition coefficient (Wildman–Crippen LogP) is 2.57. The van der Waals surface area contributed by atoms with Crippen LogP contribution in [0.3, 0.4) is 0 Å². The number of aromatic nitrogens is 4. The maximum atomic E-state index is 12.8. The third-order valence-electron chi connectivity index (χ3n) is 5.12. The first-order valence-corrected chi connectivity index (χ1v) is 9.76. The SMILES string of the molecule is Cc1ccc(-c2noc(C)c2Cn2ncc(N3C[C@@H](C)O[C@H](C)C3)cc2=O)cn1. The van der Waals surface area contributed by atoms with Crippen molar-refractivity contribution in [3.63, 3.8) is 0 Å². The fourth-order valence-corrected chi connectivity index (χ4v) is 3.67. The number of rotatable bonds is 4. The molecule has 0 radical (unpaired) electrons. The number of pyridine rings is 1. The molecule has 29 heavy (non-hydrogen) atoms. The zero-order valence-electron chi connectivity index (χ0n) is 17.1. The minimum absolute atomic E-state index is 0.117. The third-order valence-corrected chi connectivity index (χ3v) is 5.12. The van der Waals surface area contributed by atoms with Gasteiger partial charge in [0.15, 0.2) is 0 Å². The normalized spacial score (nSPS) is 19.5. The molecule has 1 fully saturated rings. The molecule has 0 aliphatic carbocycles. The first kappa shape index (κ1) is 19.3. The second kappa shape index (κ2) is 7.79. The number of hydrogen-bond acceptors (Lipinski definition) is 7. The van der Waals surface area contributed by atoms with Crippen molar-refractivity contribution in [1.29, 1.82) is 0 Å². The highest BCUT2D eigenvalue weighted by molar-refractivity contribution is 5.62. The Balaban J connectivity index is 1.60. The van der Waals surface area contributed by atoms with Gasteiger partial charge in [-0.1, -0.05) is 5.16 Å². The van der Waals surface area contributed by atoms with Gasteiger partial charge in [0, 0.05) is 42.2 Å². The van der Waals surface area contributed by atoms with E-state index in [0.717, 1.165) is 35.6 Å². The molecule has 0 spiro atoms. The van der Waals surface area contributed by atoms with Crippen LogP contribution in [0.25, 0.3) is 11.3 Å². The molecule has 4 rings (SSSR count). The Morgan fingerprint density at radius 3 is 2.55 bits per heavy atom. The zero-order valence-corrected chi connectivity index (χ0v) is 17.1. The van der Waals surface area contributed by atoms with Crippen LogP contribution in [0.15, 0.2) is 39.9 Å². The van der Waals surface area contributed by atoms with Crippen molar-refractivity contribution in [3.8, 4) is 11.3 Å². The van der Waals surface area contributed by atoms with Crippen molar-refractivity contribution in [1.82, 2.24) is 19.9 Å². The fraction of sp³-hybridized carbons (Fsp3) is 0.429. The summed E-state index contributed by atoms with van der Waals surface area (Å²) >= 11 is 0. The van der Waals surface area contributed by atoms with Gasteiger partial charge in [0.05, 0.1) is 30.6 Å². The fourth-order valence-electron chi connectivity index (χ4n) is 3.67. The highest BCUT2D eigenvalue weighted by Gasteiger charge is 2.23. The van der Waals surface area contributed by atoms with Crippen molar-refractivity contribution >= 4 is 5.69 Å². The van der Waals surface area contributed by atoms with Crippen LogP contribution in [0.4, 0.5) is 5.69 Å². The number of hydrogen-bond donors (Lipinski definition) is 0. The van der Waals surface area contributed by atoms with E-state index in [2.05, 4.69) is 20.1 Å². The average Bonchev–Trinajstić information content (AvgIpc) is 3.04. The number of ether oxygens (including phenoxy) is 1. The lowest BCUT2D eigenvalue weighted by molar-refractivity contribution is -0.00525. The minimum atomic E-state index is -0.164. The summed E-state index contributed by atoms with van der Waals surface area (Å²) in [6, 6.07) is 5.50. The van der Waals surface area contributed by atoms with E-state index in [1.807, 2.05) is 39.8 Å². The van der Waals surface area contributed by atoms with Crippen molar-refractivity contribution in [2.24, 2.45) is 0 Å². The standard InChI is InChI=1S/C21H25N5O3/c1-13-5-6-17(8-22-13)21-19(16(4)29-24-21)12-26-20(27)7-18(9-23-26)25-10-14(2)28-15(3)11-25/h5-9,14-15H,10-12H2,1-4H3/t14-,15-/m1/s1. The predicted molar refractivity (Wildman–Crippen MR) is 109 cm³/mol. The van der Waals surface area contributed by atoms with Crippen molar-refractivity contribution in [3.05, 3.63) is 58.0 Å². The Hall–Kier alpha value is -3.00. The number of nitrogens with zero attached hydrogens (tertiary/aromatic N) is 5. The van der Waals surface area contributed by atoms with Gasteiger partial charge in [-0.25, -0.2) is 4.68 Å². The summed E-state index contributed by atoms with van der Waals surface area (Å²) in [7, 11) is 0. The summed E-state index contributed by atoms with van der Waals surface area (Å²) in [4.78, 5) is 19.2. The average molecular weight is 395 g/mol. The molecule has 3 aromatic rings.